The molecule has 0 radical (unpaired) electrons. The van der Waals surface area contributed by atoms with Crippen LogP contribution in [0.1, 0.15) is 213 Å². The van der Waals surface area contributed by atoms with Crippen LogP contribution in [0.3, 0.4) is 0 Å². The highest BCUT2D eigenvalue weighted by molar-refractivity contribution is 7.47. The second-order valence-electron chi connectivity index (χ2n) is 17.1. The first-order chi connectivity index (χ1) is 27.1. The SMILES string of the molecule is CCCCC/C=C\C/C=C\CCCCCCCCCCCC(=O)OC(COCCCCCCCCCCCCCCCCC)COP(=O)(O)OCC[N+](C)(C)C. The van der Waals surface area contributed by atoms with Crippen molar-refractivity contribution in [3.8, 4) is 0 Å². The van der Waals surface area contributed by atoms with Crippen LogP contribution in [-0.2, 0) is 27.9 Å². The molecule has 0 saturated heterocycles. The first-order valence-electron chi connectivity index (χ1n) is 23.6. The Balaban J connectivity index is 4.17. The van der Waals surface area contributed by atoms with Crippen molar-refractivity contribution in [3.05, 3.63) is 24.3 Å². The number of rotatable bonds is 44. The van der Waals surface area contributed by atoms with Gasteiger partial charge in [0.2, 0.25) is 0 Å². The lowest BCUT2D eigenvalue weighted by Crippen LogP contribution is -2.37. The Morgan fingerprint density at radius 3 is 1.48 bits per heavy atom. The molecule has 0 aromatic heterocycles. The molecular formula is C47H93NO7P+. The maximum Gasteiger partial charge on any atom is 0.472 e. The Kier molecular flexibility index (Phi) is 40.0. The third-order valence-corrected chi connectivity index (χ3v) is 11.2. The highest BCUT2D eigenvalue weighted by Crippen LogP contribution is 2.43. The molecule has 0 bridgehead atoms. The maximum absolute atomic E-state index is 12.7. The minimum Gasteiger partial charge on any atom is -0.457 e. The van der Waals surface area contributed by atoms with Gasteiger partial charge < -0.3 is 18.9 Å². The van der Waals surface area contributed by atoms with Gasteiger partial charge in [-0.3, -0.25) is 13.8 Å². The molecule has 0 heterocycles. The molecule has 1 N–H and O–H groups in total. The second kappa shape index (κ2) is 40.7. The zero-order chi connectivity index (χ0) is 41.3. The van der Waals surface area contributed by atoms with Gasteiger partial charge in [-0.25, -0.2) is 4.57 Å². The number of phosphoric acid groups is 1. The number of esters is 1. The van der Waals surface area contributed by atoms with Crippen LogP contribution < -0.4 is 0 Å². The Bertz CT molecular complexity index is 951. The van der Waals surface area contributed by atoms with Crippen molar-refractivity contribution in [2.75, 3.05) is 54.1 Å². The van der Waals surface area contributed by atoms with E-state index < -0.39 is 13.9 Å². The first-order valence-corrected chi connectivity index (χ1v) is 25.1. The normalized spacial score (nSPS) is 13.9. The van der Waals surface area contributed by atoms with Crippen molar-refractivity contribution in [1.82, 2.24) is 0 Å². The number of carbonyl (C=O) groups excluding carboxylic acids is 1. The molecule has 0 aliphatic heterocycles. The summed E-state index contributed by atoms with van der Waals surface area (Å²) in [5, 5.41) is 0. The summed E-state index contributed by atoms with van der Waals surface area (Å²) >= 11 is 0. The van der Waals surface area contributed by atoms with E-state index in [9.17, 15) is 14.3 Å². The van der Waals surface area contributed by atoms with Crippen molar-refractivity contribution in [2.24, 2.45) is 0 Å². The van der Waals surface area contributed by atoms with E-state index in [-0.39, 0.29) is 25.8 Å². The predicted octanol–water partition coefficient (Wildman–Crippen LogP) is 14.0. The van der Waals surface area contributed by atoms with E-state index >= 15 is 0 Å². The fourth-order valence-corrected chi connectivity index (χ4v) is 7.33. The van der Waals surface area contributed by atoms with Gasteiger partial charge in [0.1, 0.15) is 19.3 Å². The molecule has 0 aromatic carbocycles. The number of quaternary nitrogens is 1. The highest BCUT2D eigenvalue weighted by atomic mass is 31.2. The van der Waals surface area contributed by atoms with Crippen molar-refractivity contribution in [3.63, 3.8) is 0 Å². The molecule has 0 amide bonds. The zero-order valence-corrected chi connectivity index (χ0v) is 38.5. The number of hydrogen-bond donors (Lipinski definition) is 1. The van der Waals surface area contributed by atoms with Gasteiger partial charge in [-0.15, -0.1) is 0 Å². The molecule has 332 valence electrons. The lowest BCUT2D eigenvalue weighted by Gasteiger charge is -2.24. The summed E-state index contributed by atoms with van der Waals surface area (Å²) in [4.78, 5) is 22.9. The van der Waals surface area contributed by atoms with E-state index in [1.807, 2.05) is 21.1 Å². The van der Waals surface area contributed by atoms with Gasteiger partial charge in [-0.05, 0) is 44.9 Å². The minimum absolute atomic E-state index is 0.0899. The van der Waals surface area contributed by atoms with Crippen LogP contribution in [0.5, 0.6) is 0 Å². The lowest BCUT2D eigenvalue weighted by molar-refractivity contribution is -0.870. The third-order valence-electron chi connectivity index (χ3n) is 10.3. The van der Waals surface area contributed by atoms with Crippen LogP contribution in [-0.4, -0.2) is 75.6 Å². The molecule has 0 saturated carbocycles. The number of hydrogen-bond acceptors (Lipinski definition) is 6. The van der Waals surface area contributed by atoms with Gasteiger partial charge >= 0.3 is 13.8 Å². The summed E-state index contributed by atoms with van der Waals surface area (Å²) in [6.45, 7) is 5.63. The van der Waals surface area contributed by atoms with E-state index in [2.05, 4.69) is 38.2 Å². The molecule has 9 heteroatoms. The Hall–Kier alpha value is -1.02. The summed E-state index contributed by atoms with van der Waals surface area (Å²) in [6, 6.07) is 0. The number of unbranched alkanes of at least 4 members (excludes halogenated alkanes) is 26. The van der Waals surface area contributed by atoms with Crippen LogP contribution in [0, 0.1) is 0 Å². The van der Waals surface area contributed by atoms with E-state index in [1.165, 1.54) is 154 Å². The second-order valence-corrected chi connectivity index (χ2v) is 18.6. The topological polar surface area (TPSA) is 91.3 Å². The Labute approximate surface area is 347 Å². The monoisotopic (exact) mass is 815 g/mol. The average Bonchev–Trinajstić information content (AvgIpc) is 3.15. The van der Waals surface area contributed by atoms with Gasteiger partial charge in [0, 0.05) is 13.0 Å². The van der Waals surface area contributed by atoms with Crippen LogP contribution in [0.4, 0.5) is 0 Å². The van der Waals surface area contributed by atoms with Gasteiger partial charge in [0.15, 0.2) is 0 Å². The zero-order valence-electron chi connectivity index (χ0n) is 37.6. The lowest BCUT2D eigenvalue weighted by atomic mass is 10.0. The van der Waals surface area contributed by atoms with Crippen molar-refractivity contribution in [2.45, 2.75) is 219 Å². The molecule has 2 atom stereocenters. The van der Waals surface area contributed by atoms with Crippen LogP contribution >= 0.6 is 7.82 Å². The average molecular weight is 815 g/mol. The fraction of sp³-hybridized carbons (Fsp3) is 0.894. The number of allylic oxidation sites excluding steroid dienone is 4. The standard InChI is InChI=1S/C47H92NO7P/c1-6-8-10-12-14-16-18-20-22-23-24-25-26-28-30-32-34-36-38-40-47(49)55-46(45-54-56(50,51)53-43-41-48(3,4)5)44-52-42-39-37-35-33-31-29-27-21-19-17-15-13-11-9-7-2/h14,16,20,22,46H,6-13,15,17-19,21,23-45H2,1-5H3/p+1/b16-14-,22-20-. The Morgan fingerprint density at radius 2 is 0.982 bits per heavy atom. The molecule has 0 aliphatic rings. The predicted molar refractivity (Wildman–Crippen MR) is 238 cm³/mol. The van der Waals surface area contributed by atoms with Crippen LogP contribution in [0.2, 0.25) is 0 Å². The third kappa shape index (κ3) is 44.1. The van der Waals surface area contributed by atoms with Crippen LogP contribution in [0.15, 0.2) is 24.3 Å². The quantitative estimate of drug-likeness (QED) is 0.0215. The summed E-state index contributed by atoms with van der Waals surface area (Å²) in [7, 11) is 1.67. The van der Waals surface area contributed by atoms with E-state index in [4.69, 9.17) is 18.5 Å². The summed E-state index contributed by atoms with van der Waals surface area (Å²) in [5.41, 5.74) is 0. The largest absolute Gasteiger partial charge is 0.472 e. The number of ether oxygens (including phenoxy) is 2. The smallest absolute Gasteiger partial charge is 0.457 e. The van der Waals surface area contributed by atoms with E-state index in [0.29, 0.717) is 24.1 Å². The van der Waals surface area contributed by atoms with Crippen molar-refractivity contribution < 1.29 is 37.3 Å². The highest BCUT2D eigenvalue weighted by Gasteiger charge is 2.26. The summed E-state index contributed by atoms with van der Waals surface area (Å²) in [6.07, 6.45) is 46.3. The number of carbonyl (C=O) groups is 1. The molecule has 56 heavy (non-hydrogen) atoms. The molecule has 0 fully saturated rings. The summed E-state index contributed by atoms with van der Waals surface area (Å²) < 4.78 is 35.1. The molecule has 0 aromatic rings. The number of nitrogens with zero attached hydrogens (tertiary/aromatic N) is 1. The minimum atomic E-state index is -4.27. The fourth-order valence-electron chi connectivity index (χ4n) is 6.58. The molecule has 0 rings (SSSR count). The molecule has 0 aliphatic carbocycles. The first kappa shape index (κ1) is 55.0. The van der Waals surface area contributed by atoms with E-state index in [1.54, 1.807) is 0 Å². The molecule has 8 nitrogen and oxygen atoms in total. The van der Waals surface area contributed by atoms with Gasteiger partial charge in [0.25, 0.3) is 0 Å². The number of phosphoric ester groups is 1. The number of likely N-dealkylation sites (N-methyl/N-ethyl adjacent to an activating group) is 1. The molecule has 0 spiro atoms. The van der Waals surface area contributed by atoms with Gasteiger partial charge in [-0.1, -0.05) is 186 Å². The maximum atomic E-state index is 12.7. The van der Waals surface area contributed by atoms with Gasteiger partial charge in [0.05, 0.1) is 34.4 Å². The van der Waals surface area contributed by atoms with Crippen molar-refractivity contribution >= 4 is 13.8 Å². The Morgan fingerprint density at radius 1 is 0.554 bits per heavy atom. The van der Waals surface area contributed by atoms with Crippen LogP contribution in [0.25, 0.3) is 0 Å². The van der Waals surface area contributed by atoms with E-state index in [0.717, 1.165) is 38.5 Å². The molecular weight excluding hydrogens is 721 g/mol. The van der Waals surface area contributed by atoms with Crippen molar-refractivity contribution in [1.29, 1.82) is 0 Å². The molecule has 2 unspecified atom stereocenters. The summed E-state index contributed by atoms with van der Waals surface area (Å²) in [5.74, 6) is -0.315. The van der Waals surface area contributed by atoms with Gasteiger partial charge in [-0.2, -0.15) is 0 Å².